The van der Waals surface area contributed by atoms with Gasteiger partial charge in [0.2, 0.25) is 0 Å². The maximum absolute atomic E-state index is 13.0. The lowest BCUT2D eigenvalue weighted by atomic mass is 10.1. The second-order valence-corrected chi connectivity index (χ2v) is 5.14. The van der Waals surface area contributed by atoms with Gasteiger partial charge >= 0.3 is 0 Å². The minimum atomic E-state index is -0.259. The summed E-state index contributed by atoms with van der Waals surface area (Å²) in [6.07, 6.45) is 6.60. The van der Waals surface area contributed by atoms with Gasteiger partial charge in [-0.3, -0.25) is 14.2 Å². The van der Waals surface area contributed by atoms with Crippen molar-refractivity contribution in [1.29, 1.82) is 0 Å². The van der Waals surface area contributed by atoms with Crippen LogP contribution in [0.5, 0.6) is 0 Å². The predicted molar refractivity (Wildman–Crippen MR) is 98.3 cm³/mol. The van der Waals surface area contributed by atoms with Crippen molar-refractivity contribution in [2.24, 2.45) is 0 Å². The van der Waals surface area contributed by atoms with Crippen molar-refractivity contribution in [3.8, 4) is 0 Å². The van der Waals surface area contributed by atoms with Gasteiger partial charge in [0.1, 0.15) is 5.70 Å². The summed E-state index contributed by atoms with van der Waals surface area (Å²) < 4.78 is 1.36. The van der Waals surface area contributed by atoms with Gasteiger partial charge in [-0.15, -0.1) is 13.2 Å². The molecule has 0 N–H and O–H groups in total. The van der Waals surface area contributed by atoms with Crippen LogP contribution in [0.1, 0.15) is 5.56 Å². The number of pyridine rings is 1. The maximum atomic E-state index is 13.0. The first-order chi connectivity index (χ1) is 11.7. The summed E-state index contributed by atoms with van der Waals surface area (Å²) in [5.41, 5.74) is 0.870. The van der Waals surface area contributed by atoms with Crippen molar-refractivity contribution < 1.29 is 4.79 Å². The Morgan fingerprint density at radius 1 is 1.00 bits per heavy atom. The van der Waals surface area contributed by atoms with E-state index >= 15 is 0 Å². The predicted octanol–water partition coefficient (Wildman–Crippen LogP) is 3.05. The van der Waals surface area contributed by atoms with E-state index < -0.39 is 0 Å². The van der Waals surface area contributed by atoms with Crippen LogP contribution in [0.4, 0.5) is 0 Å². The fourth-order valence-corrected chi connectivity index (χ4v) is 2.28. The van der Waals surface area contributed by atoms with Crippen LogP contribution in [0, 0.1) is 0 Å². The Bertz CT molecular complexity index is 794. The zero-order valence-corrected chi connectivity index (χ0v) is 13.5. The van der Waals surface area contributed by atoms with E-state index in [-0.39, 0.29) is 17.2 Å². The molecule has 24 heavy (non-hydrogen) atoms. The third kappa shape index (κ3) is 4.20. The number of nitrogens with zero attached hydrogens (tertiary/aromatic N) is 2. The van der Waals surface area contributed by atoms with Crippen LogP contribution < -0.4 is 5.56 Å². The molecule has 0 saturated heterocycles. The summed E-state index contributed by atoms with van der Waals surface area (Å²) >= 11 is 0. The SMILES string of the molecule is C=CCN(CC=C)C(=O)C(=Cc1ccccc1)n1ccccc1=O. The Kier molecular flexibility index (Phi) is 6.08. The molecule has 4 heteroatoms. The lowest BCUT2D eigenvalue weighted by Gasteiger charge is -2.22. The third-order valence-corrected chi connectivity index (χ3v) is 3.39. The lowest BCUT2D eigenvalue weighted by molar-refractivity contribution is -0.124. The van der Waals surface area contributed by atoms with E-state index in [1.54, 1.807) is 41.5 Å². The highest BCUT2D eigenvalue weighted by molar-refractivity contribution is 6.18. The molecule has 0 spiro atoms. The molecule has 0 saturated carbocycles. The van der Waals surface area contributed by atoms with Crippen LogP contribution in [0.3, 0.4) is 0 Å². The monoisotopic (exact) mass is 320 g/mol. The smallest absolute Gasteiger partial charge is 0.271 e. The lowest BCUT2D eigenvalue weighted by Crippen LogP contribution is -2.35. The summed E-state index contributed by atoms with van der Waals surface area (Å²) in [6.45, 7) is 8.11. The highest BCUT2D eigenvalue weighted by atomic mass is 16.2. The van der Waals surface area contributed by atoms with Gasteiger partial charge in [-0.05, 0) is 17.7 Å². The topological polar surface area (TPSA) is 42.3 Å². The first kappa shape index (κ1) is 17.2. The number of carbonyl (C=O) groups excluding carboxylic acids is 1. The molecule has 2 aromatic rings. The van der Waals surface area contributed by atoms with Gasteiger partial charge in [-0.1, -0.05) is 48.6 Å². The molecule has 0 aliphatic heterocycles. The fraction of sp³-hybridized carbons (Fsp3) is 0.100. The van der Waals surface area contributed by atoms with Crippen LogP contribution in [0.2, 0.25) is 0 Å². The normalized spacial score (nSPS) is 10.9. The summed E-state index contributed by atoms with van der Waals surface area (Å²) in [5, 5.41) is 0. The van der Waals surface area contributed by atoms with Crippen LogP contribution in [-0.2, 0) is 4.79 Å². The average Bonchev–Trinajstić information content (AvgIpc) is 2.60. The molecule has 1 heterocycles. The molecule has 4 nitrogen and oxygen atoms in total. The zero-order chi connectivity index (χ0) is 17.4. The van der Waals surface area contributed by atoms with E-state index in [2.05, 4.69) is 13.2 Å². The van der Waals surface area contributed by atoms with E-state index in [4.69, 9.17) is 0 Å². The number of carbonyl (C=O) groups is 1. The molecule has 0 aliphatic carbocycles. The summed E-state index contributed by atoms with van der Waals surface area (Å²) in [5.74, 6) is -0.257. The van der Waals surface area contributed by atoms with Gasteiger partial charge in [0, 0.05) is 25.4 Å². The van der Waals surface area contributed by atoms with Crippen molar-refractivity contribution in [2.75, 3.05) is 13.1 Å². The molecule has 1 amide bonds. The number of amides is 1. The number of hydrogen-bond donors (Lipinski definition) is 0. The van der Waals surface area contributed by atoms with Gasteiger partial charge in [0.15, 0.2) is 0 Å². The molecule has 0 unspecified atom stereocenters. The van der Waals surface area contributed by atoms with E-state index in [0.717, 1.165) is 5.56 Å². The van der Waals surface area contributed by atoms with Gasteiger partial charge in [0.25, 0.3) is 11.5 Å². The van der Waals surface area contributed by atoms with Gasteiger partial charge < -0.3 is 4.90 Å². The molecule has 1 aromatic heterocycles. The van der Waals surface area contributed by atoms with E-state index in [1.807, 2.05) is 30.3 Å². The minimum absolute atomic E-state index is 0.257. The molecule has 122 valence electrons. The van der Waals surface area contributed by atoms with Crippen molar-refractivity contribution >= 4 is 17.7 Å². The van der Waals surface area contributed by atoms with Gasteiger partial charge in [-0.25, -0.2) is 0 Å². The summed E-state index contributed by atoms with van der Waals surface area (Å²) in [7, 11) is 0. The van der Waals surface area contributed by atoms with E-state index in [9.17, 15) is 9.59 Å². The summed E-state index contributed by atoms with van der Waals surface area (Å²) in [4.78, 5) is 26.8. The van der Waals surface area contributed by atoms with Crippen LogP contribution in [-0.4, -0.2) is 28.5 Å². The Hall–Kier alpha value is -3.14. The molecule has 0 aliphatic rings. The quantitative estimate of drug-likeness (QED) is 0.581. The average molecular weight is 320 g/mol. The molecular formula is C20H20N2O2. The Labute approximate surface area is 141 Å². The first-order valence-electron chi connectivity index (χ1n) is 7.63. The van der Waals surface area contributed by atoms with Crippen molar-refractivity contribution in [3.05, 3.63) is 96.0 Å². The number of hydrogen-bond acceptors (Lipinski definition) is 2. The van der Waals surface area contributed by atoms with Crippen LogP contribution >= 0.6 is 0 Å². The number of benzene rings is 1. The Balaban J connectivity index is 2.54. The molecule has 0 atom stereocenters. The number of aromatic nitrogens is 1. The molecule has 1 aromatic carbocycles. The molecule has 0 radical (unpaired) electrons. The molecular weight excluding hydrogens is 300 g/mol. The van der Waals surface area contributed by atoms with Crippen molar-refractivity contribution in [2.45, 2.75) is 0 Å². The van der Waals surface area contributed by atoms with Crippen molar-refractivity contribution in [1.82, 2.24) is 9.47 Å². The molecule has 0 bridgehead atoms. The number of rotatable bonds is 7. The molecule has 2 rings (SSSR count). The third-order valence-electron chi connectivity index (χ3n) is 3.39. The molecule has 0 fully saturated rings. The highest BCUT2D eigenvalue weighted by Crippen LogP contribution is 2.13. The van der Waals surface area contributed by atoms with Crippen LogP contribution in [0.15, 0.2) is 84.8 Å². The second-order valence-electron chi connectivity index (χ2n) is 5.14. The standard InChI is InChI=1S/C20H20N2O2/c1-3-13-21(14-4-2)20(24)18(16-17-10-6-5-7-11-17)22-15-9-8-12-19(22)23/h3-12,15-16H,1-2,13-14H2. The zero-order valence-electron chi connectivity index (χ0n) is 13.5. The minimum Gasteiger partial charge on any atom is -0.330 e. The van der Waals surface area contributed by atoms with E-state index in [1.165, 1.54) is 10.6 Å². The first-order valence-corrected chi connectivity index (χ1v) is 7.63. The second kappa shape index (κ2) is 8.48. The fourth-order valence-electron chi connectivity index (χ4n) is 2.28. The van der Waals surface area contributed by atoms with E-state index in [0.29, 0.717) is 13.1 Å². The van der Waals surface area contributed by atoms with Gasteiger partial charge in [-0.2, -0.15) is 0 Å². The Morgan fingerprint density at radius 2 is 1.62 bits per heavy atom. The van der Waals surface area contributed by atoms with Gasteiger partial charge in [0.05, 0.1) is 0 Å². The Morgan fingerprint density at radius 3 is 2.21 bits per heavy atom. The highest BCUT2D eigenvalue weighted by Gasteiger charge is 2.18. The van der Waals surface area contributed by atoms with Crippen molar-refractivity contribution in [3.63, 3.8) is 0 Å². The summed E-state index contributed by atoms with van der Waals surface area (Å²) in [6, 6.07) is 14.2. The maximum Gasteiger partial charge on any atom is 0.271 e. The van der Waals surface area contributed by atoms with Crippen LogP contribution in [0.25, 0.3) is 11.8 Å². The largest absolute Gasteiger partial charge is 0.330 e.